The molecule has 2 rings (SSSR count). The van der Waals surface area contributed by atoms with E-state index in [1.807, 2.05) is 0 Å². The third kappa shape index (κ3) is 1.78. The first-order valence-corrected chi connectivity index (χ1v) is 6.09. The van der Waals surface area contributed by atoms with Crippen LogP contribution in [-0.2, 0) is 0 Å². The highest BCUT2D eigenvalue weighted by molar-refractivity contribution is 9.11. The standard InChI is InChI=1S/C11H8Br2O3/c1-5(14)8-3-6-10(13)9(15-2)4-7(12)11(6)16-8/h3-4H,1-2H3. The Bertz CT molecular complexity index is 572. The van der Waals surface area contributed by atoms with Crippen LogP contribution in [0.15, 0.2) is 25.5 Å². The molecule has 0 unspecified atom stereocenters. The number of ether oxygens (including phenoxy) is 1. The molecule has 0 spiro atoms. The average Bonchev–Trinajstić information content (AvgIpc) is 2.68. The van der Waals surface area contributed by atoms with Crippen LogP contribution in [0.25, 0.3) is 11.0 Å². The van der Waals surface area contributed by atoms with Crippen LogP contribution in [0.5, 0.6) is 5.75 Å². The second-order valence-electron chi connectivity index (χ2n) is 3.28. The molecule has 0 saturated heterocycles. The van der Waals surface area contributed by atoms with Gasteiger partial charge in [0.25, 0.3) is 0 Å². The molecule has 1 heterocycles. The first kappa shape index (κ1) is 11.7. The van der Waals surface area contributed by atoms with E-state index < -0.39 is 0 Å². The van der Waals surface area contributed by atoms with Crippen LogP contribution in [0.1, 0.15) is 17.5 Å². The second-order valence-corrected chi connectivity index (χ2v) is 4.93. The fourth-order valence-corrected chi connectivity index (χ4v) is 2.50. The van der Waals surface area contributed by atoms with Crippen molar-refractivity contribution in [1.82, 2.24) is 0 Å². The van der Waals surface area contributed by atoms with Crippen molar-refractivity contribution in [1.29, 1.82) is 0 Å². The normalized spacial score (nSPS) is 10.8. The van der Waals surface area contributed by atoms with Gasteiger partial charge in [0.15, 0.2) is 17.1 Å². The number of benzene rings is 1. The van der Waals surface area contributed by atoms with Crippen LogP contribution in [0.4, 0.5) is 0 Å². The van der Waals surface area contributed by atoms with Crippen molar-refractivity contribution < 1.29 is 13.9 Å². The van der Waals surface area contributed by atoms with Gasteiger partial charge in [-0.15, -0.1) is 0 Å². The molecule has 0 aliphatic heterocycles. The highest BCUT2D eigenvalue weighted by atomic mass is 79.9. The third-order valence-corrected chi connectivity index (χ3v) is 3.63. The van der Waals surface area contributed by atoms with Gasteiger partial charge in [-0.1, -0.05) is 0 Å². The van der Waals surface area contributed by atoms with Gasteiger partial charge in [-0.05, 0) is 44.0 Å². The van der Waals surface area contributed by atoms with E-state index in [0.717, 1.165) is 14.3 Å². The number of furan rings is 1. The molecule has 84 valence electrons. The van der Waals surface area contributed by atoms with Crippen LogP contribution in [-0.4, -0.2) is 12.9 Å². The topological polar surface area (TPSA) is 39.4 Å². The molecule has 0 saturated carbocycles. The molecular weight excluding hydrogens is 340 g/mol. The molecule has 0 atom stereocenters. The van der Waals surface area contributed by atoms with Gasteiger partial charge in [-0.25, -0.2) is 0 Å². The lowest BCUT2D eigenvalue weighted by Gasteiger charge is -2.04. The number of rotatable bonds is 2. The molecule has 0 amide bonds. The molecule has 0 radical (unpaired) electrons. The minimum absolute atomic E-state index is 0.103. The van der Waals surface area contributed by atoms with Crippen molar-refractivity contribution >= 4 is 48.6 Å². The Labute approximate surface area is 109 Å². The van der Waals surface area contributed by atoms with Gasteiger partial charge < -0.3 is 9.15 Å². The lowest BCUT2D eigenvalue weighted by Crippen LogP contribution is -1.85. The van der Waals surface area contributed by atoms with Crippen molar-refractivity contribution in [2.45, 2.75) is 6.92 Å². The van der Waals surface area contributed by atoms with Gasteiger partial charge in [0, 0.05) is 12.3 Å². The maximum atomic E-state index is 11.2. The van der Waals surface area contributed by atoms with Crippen molar-refractivity contribution in [2.24, 2.45) is 0 Å². The molecule has 1 aromatic carbocycles. The summed E-state index contributed by atoms with van der Waals surface area (Å²) in [6, 6.07) is 3.49. The summed E-state index contributed by atoms with van der Waals surface area (Å²) in [4.78, 5) is 11.2. The van der Waals surface area contributed by atoms with Crippen molar-refractivity contribution in [2.75, 3.05) is 7.11 Å². The molecule has 0 bridgehead atoms. The van der Waals surface area contributed by atoms with Crippen molar-refractivity contribution in [3.05, 3.63) is 26.8 Å². The van der Waals surface area contributed by atoms with E-state index in [2.05, 4.69) is 31.9 Å². The maximum absolute atomic E-state index is 11.2. The Morgan fingerprint density at radius 1 is 1.38 bits per heavy atom. The number of halogens is 2. The zero-order valence-corrected chi connectivity index (χ0v) is 11.8. The number of hydrogen-bond acceptors (Lipinski definition) is 3. The molecule has 1 aromatic heterocycles. The predicted octanol–water partition coefficient (Wildman–Crippen LogP) is 4.17. The van der Waals surface area contributed by atoms with Gasteiger partial charge in [-0.3, -0.25) is 4.79 Å². The van der Waals surface area contributed by atoms with Gasteiger partial charge in [-0.2, -0.15) is 0 Å². The Morgan fingerprint density at radius 2 is 2.06 bits per heavy atom. The van der Waals surface area contributed by atoms with E-state index in [0.29, 0.717) is 17.1 Å². The van der Waals surface area contributed by atoms with Crippen LogP contribution in [0, 0.1) is 0 Å². The average molecular weight is 348 g/mol. The number of carbonyl (C=O) groups is 1. The molecule has 3 nitrogen and oxygen atoms in total. The summed E-state index contributed by atoms with van der Waals surface area (Å²) >= 11 is 6.80. The Hall–Kier alpha value is -0.810. The van der Waals surface area contributed by atoms with Gasteiger partial charge in [0.05, 0.1) is 16.1 Å². The minimum Gasteiger partial charge on any atom is -0.496 e. The van der Waals surface area contributed by atoms with E-state index in [-0.39, 0.29) is 5.78 Å². The molecule has 2 aromatic rings. The fraction of sp³-hybridized carbons (Fsp3) is 0.182. The highest BCUT2D eigenvalue weighted by Gasteiger charge is 2.16. The molecule has 0 aliphatic carbocycles. The van der Waals surface area contributed by atoms with Gasteiger partial charge in [0.2, 0.25) is 0 Å². The molecule has 16 heavy (non-hydrogen) atoms. The lowest BCUT2D eigenvalue weighted by molar-refractivity contribution is 0.0989. The molecular formula is C11H8Br2O3. The summed E-state index contributed by atoms with van der Waals surface area (Å²) in [5.41, 5.74) is 0.637. The number of carbonyl (C=O) groups excluding carboxylic acids is 1. The van der Waals surface area contributed by atoms with E-state index >= 15 is 0 Å². The zero-order valence-electron chi connectivity index (χ0n) is 8.64. The van der Waals surface area contributed by atoms with Crippen molar-refractivity contribution in [3.8, 4) is 5.75 Å². The van der Waals surface area contributed by atoms with E-state index in [9.17, 15) is 4.79 Å². The minimum atomic E-state index is -0.103. The van der Waals surface area contributed by atoms with Crippen LogP contribution < -0.4 is 4.74 Å². The van der Waals surface area contributed by atoms with E-state index in [1.54, 1.807) is 19.2 Å². The largest absolute Gasteiger partial charge is 0.496 e. The summed E-state index contributed by atoms with van der Waals surface area (Å²) in [5.74, 6) is 0.925. The van der Waals surface area contributed by atoms with Crippen LogP contribution in [0.2, 0.25) is 0 Å². The monoisotopic (exact) mass is 346 g/mol. The van der Waals surface area contributed by atoms with Crippen LogP contribution >= 0.6 is 31.9 Å². The Balaban J connectivity index is 2.80. The molecule has 5 heteroatoms. The second kappa shape index (κ2) is 4.22. The summed E-state index contributed by atoms with van der Waals surface area (Å²) in [6.07, 6.45) is 0. The summed E-state index contributed by atoms with van der Waals surface area (Å²) in [5, 5.41) is 0.816. The SMILES string of the molecule is COc1cc(Br)c2oc(C(C)=O)cc2c1Br. The smallest absolute Gasteiger partial charge is 0.194 e. The predicted molar refractivity (Wildman–Crippen MR) is 68.2 cm³/mol. The number of hydrogen-bond donors (Lipinski definition) is 0. The molecule has 0 fully saturated rings. The summed E-state index contributed by atoms with van der Waals surface area (Å²) in [7, 11) is 1.59. The number of methoxy groups -OCH3 is 1. The first-order valence-electron chi connectivity index (χ1n) is 4.51. The number of Topliss-reactive ketones (excluding diaryl/α,β-unsaturated/α-hetero) is 1. The molecule has 0 aliphatic rings. The van der Waals surface area contributed by atoms with Gasteiger partial charge >= 0.3 is 0 Å². The summed E-state index contributed by atoms with van der Waals surface area (Å²) < 4.78 is 12.2. The number of fused-ring (bicyclic) bond motifs is 1. The lowest BCUT2D eigenvalue weighted by atomic mass is 10.2. The highest BCUT2D eigenvalue weighted by Crippen LogP contribution is 2.39. The Morgan fingerprint density at radius 3 is 2.62 bits per heavy atom. The number of ketones is 1. The van der Waals surface area contributed by atoms with E-state index in [4.69, 9.17) is 9.15 Å². The van der Waals surface area contributed by atoms with E-state index in [1.165, 1.54) is 6.92 Å². The fourth-order valence-electron chi connectivity index (χ4n) is 1.43. The maximum Gasteiger partial charge on any atom is 0.194 e. The van der Waals surface area contributed by atoms with Crippen molar-refractivity contribution in [3.63, 3.8) is 0 Å². The molecule has 0 N–H and O–H groups in total. The van der Waals surface area contributed by atoms with Gasteiger partial charge in [0.1, 0.15) is 5.75 Å². The quantitative estimate of drug-likeness (QED) is 0.765. The first-order chi connectivity index (χ1) is 7.54. The summed E-state index contributed by atoms with van der Waals surface area (Å²) in [6.45, 7) is 1.47. The Kier molecular flexibility index (Phi) is 3.08. The van der Waals surface area contributed by atoms with Crippen LogP contribution in [0.3, 0.4) is 0 Å². The third-order valence-electron chi connectivity index (χ3n) is 2.23. The zero-order chi connectivity index (χ0) is 11.9.